The molecule has 2 heterocycles. The molecule has 0 unspecified atom stereocenters. The Morgan fingerprint density at radius 3 is 2.40 bits per heavy atom. The zero-order valence-electron chi connectivity index (χ0n) is 16.2. The number of rotatable bonds is 5. The minimum absolute atomic E-state index is 0.125. The Bertz CT molecular complexity index is 1220. The van der Waals surface area contributed by atoms with Gasteiger partial charge in [0.1, 0.15) is 0 Å². The number of pyridine rings is 2. The van der Waals surface area contributed by atoms with Gasteiger partial charge in [-0.25, -0.2) is 0 Å². The van der Waals surface area contributed by atoms with Crippen LogP contribution in [-0.2, 0) is 4.79 Å². The highest BCUT2D eigenvalue weighted by Gasteiger charge is 2.10. The summed E-state index contributed by atoms with van der Waals surface area (Å²) in [6.07, 6.45) is 4.85. The highest BCUT2D eigenvalue weighted by molar-refractivity contribution is 6.08. The molecule has 0 aliphatic rings. The van der Waals surface area contributed by atoms with Crippen LogP contribution in [0.1, 0.15) is 17.3 Å². The monoisotopic (exact) mass is 397 g/mol. The molecule has 2 aromatic heterocycles. The molecule has 2 aromatic carbocycles. The molecule has 0 bridgehead atoms. The Balaban J connectivity index is 1.50. The molecule has 0 fully saturated rings. The van der Waals surface area contributed by atoms with Crippen LogP contribution in [0, 0.1) is 0 Å². The van der Waals surface area contributed by atoms with Crippen LogP contribution in [0.5, 0.6) is 0 Å². The van der Waals surface area contributed by atoms with Crippen molar-refractivity contribution in [2.75, 3.05) is 16.0 Å². The summed E-state index contributed by atoms with van der Waals surface area (Å²) in [5, 5.41) is 9.78. The van der Waals surface area contributed by atoms with Gasteiger partial charge in [-0.3, -0.25) is 19.6 Å². The number of carbonyl (C=O) groups excluding carboxylic acids is 2. The van der Waals surface area contributed by atoms with Gasteiger partial charge in [0, 0.05) is 36.1 Å². The summed E-state index contributed by atoms with van der Waals surface area (Å²) in [7, 11) is 0. The van der Waals surface area contributed by atoms with E-state index < -0.39 is 0 Å². The maximum Gasteiger partial charge on any atom is 0.257 e. The molecule has 4 aromatic rings. The van der Waals surface area contributed by atoms with Crippen molar-refractivity contribution in [2.45, 2.75) is 6.92 Å². The molecule has 0 radical (unpaired) electrons. The zero-order chi connectivity index (χ0) is 20.9. The number of aromatic nitrogens is 2. The Kier molecular flexibility index (Phi) is 5.34. The summed E-state index contributed by atoms with van der Waals surface area (Å²) in [4.78, 5) is 32.4. The Morgan fingerprint density at radius 2 is 1.60 bits per heavy atom. The molecule has 0 aliphatic heterocycles. The molecule has 30 heavy (non-hydrogen) atoms. The third-order valence-electron chi connectivity index (χ3n) is 4.38. The van der Waals surface area contributed by atoms with Gasteiger partial charge < -0.3 is 16.0 Å². The highest BCUT2D eigenvalue weighted by atomic mass is 16.2. The van der Waals surface area contributed by atoms with Crippen molar-refractivity contribution in [2.24, 2.45) is 0 Å². The lowest BCUT2D eigenvalue weighted by molar-refractivity contribution is -0.114. The number of fused-ring (bicyclic) bond motifs is 1. The fourth-order valence-electron chi connectivity index (χ4n) is 3.04. The van der Waals surface area contributed by atoms with Crippen molar-refractivity contribution in [3.63, 3.8) is 0 Å². The lowest BCUT2D eigenvalue weighted by atomic mass is 10.1. The number of nitrogens with zero attached hydrogens (tertiary/aromatic N) is 2. The van der Waals surface area contributed by atoms with Crippen LogP contribution in [0.2, 0.25) is 0 Å². The zero-order valence-corrected chi connectivity index (χ0v) is 16.2. The fraction of sp³-hybridized carbons (Fsp3) is 0.0435. The average molecular weight is 397 g/mol. The Labute approximate surface area is 173 Å². The third-order valence-corrected chi connectivity index (χ3v) is 4.38. The number of anilines is 4. The Hall–Kier alpha value is -4.26. The quantitative estimate of drug-likeness (QED) is 0.458. The van der Waals surface area contributed by atoms with Gasteiger partial charge in [-0.1, -0.05) is 18.2 Å². The normalized spacial score (nSPS) is 10.4. The van der Waals surface area contributed by atoms with Gasteiger partial charge in [0.25, 0.3) is 5.91 Å². The second-order valence-corrected chi connectivity index (χ2v) is 6.68. The largest absolute Gasteiger partial charge is 0.354 e. The summed E-state index contributed by atoms with van der Waals surface area (Å²) in [6, 6.07) is 18.4. The van der Waals surface area contributed by atoms with Crippen LogP contribution in [0.25, 0.3) is 10.9 Å². The van der Waals surface area contributed by atoms with Crippen molar-refractivity contribution >= 4 is 45.5 Å². The van der Waals surface area contributed by atoms with E-state index in [0.717, 1.165) is 16.6 Å². The van der Waals surface area contributed by atoms with Crippen molar-refractivity contribution < 1.29 is 9.59 Å². The summed E-state index contributed by atoms with van der Waals surface area (Å²) in [5.74, 6) is -0.398. The summed E-state index contributed by atoms with van der Waals surface area (Å²) >= 11 is 0. The maximum atomic E-state index is 12.8. The van der Waals surface area contributed by atoms with Gasteiger partial charge in [-0.15, -0.1) is 0 Å². The molecule has 0 spiro atoms. The SMILES string of the molecule is CC(=O)Nc1ccc(Nc2cncc(C(=O)Nc3cccc4cccnc34)c2)cc1. The van der Waals surface area contributed by atoms with Gasteiger partial charge >= 0.3 is 0 Å². The van der Waals surface area contributed by atoms with Crippen molar-refractivity contribution in [3.8, 4) is 0 Å². The van der Waals surface area contributed by atoms with Gasteiger partial charge in [0.2, 0.25) is 5.91 Å². The van der Waals surface area contributed by atoms with E-state index in [0.29, 0.717) is 22.6 Å². The molecule has 148 valence electrons. The molecule has 0 saturated heterocycles. The smallest absolute Gasteiger partial charge is 0.257 e. The predicted octanol–water partition coefficient (Wildman–Crippen LogP) is 4.58. The van der Waals surface area contributed by atoms with Crippen LogP contribution < -0.4 is 16.0 Å². The van der Waals surface area contributed by atoms with E-state index in [2.05, 4.69) is 25.9 Å². The number of para-hydroxylation sites is 1. The topological polar surface area (TPSA) is 96.0 Å². The predicted molar refractivity (Wildman–Crippen MR) is 118 cm³/mol. The van der Waals surface area contributed by atoms with Gasteiger partial charge in [0.05, 0.1) is 28.7 Å². The van der Waals surface area contributed by atoms with Crippen molar-refractivity contribution in [1.29, 1.82) is 0 Å². The standard InChI is InChI=1S/C23H19N5O2/c1-15(29)26-18-7-9-19(10-8-18)27-20-12-17(13-24-14-20)23(30)28-21-6-2-4-16-5-3-11-25-22(16)21/h2-14,27H,1H3,(H,26,29)(H,28,30). The van der Waals surface area contributed by atoms with Crippen molar-refractivity contribution in [1.82, 2.24) is 9.97 Å². The molecule has 0 aliphatic carbocycles. The number of nitrogens with one attached hydrogen (secondary N) is 3. The summed E-state index contributed by atoms with van der Waals surface area (Å²) < 4.78 is 0. The first-order chi connectivity index (χ1) is 14.6. The second-order valence-electron chi connectivity index (χ2n) is 6.68. The summed E-state index contributed by atoms with van der Waals surface area (Å²) in [6.45, 7) is 1.46. The fourth-order valence-corrected chi connectivity index (χ4v) is 3.04. The molecular weight excluding hydrogens is 378 g/mol. The van der Waals surface area contributed by atoms with E-state index in [4.69, 9.17) is 0 Å². The highest BCUT2D eigenvalue weighted by Crippen LogP contribution is 2.23. The van der Waals surface area contributed by atoms with Crippen LogP contribution in [-0.4, -0.2) is 21.8 Å². The summed E-state index contributed by atoms with van der Waals surface area (Å²) in [5.41, 5.74) is 3.98. The average Bonchev–Trinajstić information content (AvgIpc) is 2.75. The first-order valence-electron chi connectivity index (χ1n) is 9.33. The molecule has 0 atom stereocenters. The van der Waals surface area contributed by atoms with E-state index in [-0.39, 0.29) is 11.8 Å². The van der Waals surface area contributed by atoms with Crippen LogP contribution >= 0.6 is 0 Å². The third kappa shape index (κ3) is 4.41. The van der Waals surface area contributed by atoms with Gasteiger partial charge in [0.15, 0.2) is 0 Å². The minimum Gasteiger partial charge on any atom is -0.354 e. The van der Waals surface area contributed by atoms with Gasteiger partial charge in [-0.2, -0.15) is 0 Å². The van der Waals surface area contributed by atoms with E-state index in [1.165, 1.54) is 13.1 Å². The molecule has 7 heteroatoms. The van der Waals surface area contributed by atoms with Gasteiger partial charge in [-0.05, 0) is 42.5 Å². The first-order valence-corrected chi connectivity index (χ1v) is 9.33. The van der Waals surface area contributed by atoms with Crippen molar-refractivity contribution in [3.05, 3.63) is 84.8 Å². The number of hydrogen-bond donors (Lipinski definition) is 3. The number of hydrogen-bond acceptors (Lipinski definition) is 5. The van der Waals surface area contributed by atoms with Crippen LogP contribution in [0.3, 0.4) is 0 Å². The van der Waals surface area contributed by atoms with E-state index in [1.54, 1.807) is 30.6 Å². The number of carbonyl (C=O) groups is 2. The molecule has 3 N–H and O–H groups in total. The molecular formula is C23H19N5O2. The molecule has 0 saturated carbocycles. The lowest BCUT2D eigenvalue weighted by Gasteiger charge is -2.10. The first kappa shape index (κ1) is 19.1. The van der Waals surface area contributed by atoms with E-state index in [1.807, 2.05) is 42.5 Å². The second kappa shape index (κ2) is 8.40. The van der Waals surface area contributed by atoms with Crippen LogP contribution in [0.15, 0.2) is 79.3 Å². The molecule has 4 rings (SSSR count). The minimum atomic E-state index is -0.273. The lowest BCUT2D eigenvalue weighted by Crippen LogP contribution is -2.13. The van der Waals surface area contributed by atoms with E-state index in [9.17, 15) is 9.59 Å². The molecule has 2 amide bonds. The Morgan fingerprint density at radius 1 is 0.833 bits per heavy atom. The molecule has 7 nitrogen and oxygen atoms in total. The number of benzene rings is 2. The number of amides is 2. The maximum absolute atomic E-state index is 12.8. The van der Waals surface area contributed by atoms with E-state index >= 15 is 0 Å². The van der Waals surface area contributed by atoms with Crippen LogP contribution in [0.4, 0.5) is 22.7 Å².